The van der Waals surface area contributed by atoms with E-state index in [1.807, 2.05) is 4.98 Å². The highest BCUT2D eigenvalue weighted by Gasteiger charge is 2.44. The fourth-order valence-corrected chi connectivity index (χ4v) is 1.89. The predicted octanol–water partition coefficient (Wildman–Crippen LogP) is -0.457. The molecule has 0 spiro atoms. The number of rotatable bonds is 2. The van der Waals surface area contributed by atoms with Crippen molar-refractivity contribution in [2.24, 2.45) is 0 Å². The van der Waals surface area contributed by atoms with E-state index in [9.17, 15) is 19.1 Å². The van der Waals surface area contributed by atoms with Gasteiger partial charge in [-0.15, -0.1) is 0 Å². The average molecular weight is 244 g/mol. The van der Waals surface area contributed by atoms with Crippen LogP contribution in [0.25, 0.3) is 0 Å². The number of aromatic nitrogens is 2. The molecule has 1 fully saturated rings. The van der Waals surface area contributed by atoms with E-state index < -0.39 is 35.9 Å². The van der Waals surface area contributed by atoms with Crippen molar-refractivity contribution in [3.63, 3.8) is 0 Å². The quantitative estimate of drug-likeness (QED) is 0.737. The average Bonchev–Trinajstić information content (AvgIpc) is 2.57. The molecule has 2 rings (SSSR count). The molecular formula is C10H13FN2O4. The summed E-state index contributed by atoms with van der Waals surface area (Å²) in [6.45, 7) is 1.75. The number of hydrogen-bond acceptors (Lipinski definition) is 4. The molecule has 4 atom stereocenters. The molecule has 0 bridgehead atoms. The lowest BCUT2D eigenvalue weighted by Gasteiger charge is -2.15. The van der Waals surface area contributed by atoms with E-state index in [-0.39, 0.29) is 0 Å². The van der Waals surface area contributed by atoms with E-state index in [1.165, 1.54) is 0 Å². The van der Waals surface area contributed by atoms with Gasteiger partial charge in [0, 0.05) is 12.3 Å². The zero-order valence-electron chi connectivity index (χ0n) is 9.17. The molecule has 17 heavy (non-hydrogen) atoms. The van der Waals surface area contributed by atoms with Crippen LogP contribution in [0.15, 0.2) is 21.9 Å². The highest BCUT2D eigenvalue weighted by molar-refractivity contribution is 4.92. The molecule has 0 amide bonds. The fourth-order valence-electron chi connectivity index (χ4n) is 1.89. The second-order valence-corrected chi connectivity index (χ2v) is 3.93. The molecule has 1 aliphatic rings. The molecule has 1 aliphatic heterocycles. The van der Waals surface area contributed by atoms with Crippen molar-refractivity contribution in [1.29, 1.82) is 0 Å². The van der Waals surface area contributed by atoms with Gasteiger partial charge in [0.2, 0.25) is 0 Å². The van der Waals surface area contributed by atoms with Crippen LogP contribution in [-0.2, 0) is 4.74 Å². The second-order valence-electron chi connectivity index (χ2n) is 3.93. The number of H-pyrrole nitrogens is 1. The van der Waals surface area contributed by atoms with Gasteiger partial charge in [-0.3, -0.25) is 14.3 Å². The van der Waals surface area contributed by atoms with Crippen molar-refractivity contribution >= 4 is 0 Å². The van der Waals surface area contributed by atoms with Gasteiger partial charge < -0.3 is 9.84 Å². The Hall–Kier alpha value is -1.47. The number of alkyl halides is 1. The Kier molecular flexibility index (Phi) is 3.12. The van der Waals surface area contributed by atoms with E-state index in [4.69, 9.17) is 4.74 Å². The number of aromatic amines is 1. The molecule has 0 aliphatic carbocycles. The number of nitrogens with one attached hydrogen (secondary N) is 1. The summed E-state index contributed by atoms with van der Waals surface area (Å²) in [6.07, 6.45) is -3.19. The number of nitrogens with zero attached hydrogens (tertiary/aromatic N) is 1. The molecule has 7 heteroatoms. The summed E-state index contributed by atoms with van der Waals surface area (Å²) in [7, 11) is 0. The molecule has 0 radical (unpaired) electrons. The zero-order valence-corrected chi connectivity index (χ0v) is 9.17. The molecular weight excluding hydrogens is 231 g/mol. The summed E-state index contributed by atoms with van der Waals surface area (Å²) < 4.78 is 20.0. The molecule has 6 nitrogen and oxygen atoms in total. The van der Waals surface area contributed by atoms with Crippen LogP contribution >= 0.6 is 0 Å². The van der Waals surface area contributed by atoms with Gasteiger partial charge in [-0.1, -0.05) is 6.92 Å². The first kappa shape index (κ1) is 12.0. The second kappa shape index (κ2) is 4.42. The van der Waals surface area contributed by atoms with Gasteiger partial charge in [-0.05, 0) is 6.42 Å². The Morgan fingerprint density at radius 3 is 2.82 bits per heavy atom. The standard InChI is InChI=1S/C10H13FN2O4/c1-2-5-8(15)7(11)9(17-5)13-4-3-6(14)12-10(13)16/h3-5,7-9,15H,2H2,1H3,(H,12,14,16)/t5?,7-,8?,9?/m1/s1. The summed E-state index contributed by atoms with van der Waals surface area (Å²) in [5.74, 6) is 0. The predicted molar refractivity (Wildman–Crippen MR) is 56.4 cm³/mol. The van der Waals surface area contributed by atoms with Crippen molar-refractivity contribution in [1.82, 2.24) is 9.55 Å². The van der Waals surface area contributed by atoms with Gasteiger partial charge in [0.25, 0.3) is 5.56 Å². The summed E-state index contributed by atoms with van der Waals surface area (Å²) >= 11 is 0. The minimum absolute atomic E-state index is 0.441. The Morgan fingerprint density at radius 1 is 1.59 bits per heavy atom. The van der Waals surface area contributed by atoms with Crippen molar-refractivity contribution in [3.05, 3.63) is 33.1 Å². The molecule has 2 N–H and O–H groups in total. The molecule has 1 saturated heterocycles. The molecule has 0 aromatic carbocycles. The maximum absolute atomic E-state index is 13.8. The van der Waals surface area contributed by atoms with E-state index in [0.29, 0.717) is 6.42 Å². The minimum atomic E-state index is -1.69. The third kappa shape index (κ3) is 2.03. The molecule has 1 aromatic rings. The first-order valence-electron chi connectivity index (χ1n) is 5.33. The van der Waals surface area contributed by atoms with Gasteiger partial charge in [-0.25, -0.2) is 9.18 Å². The lowest BCUT2D eigenvalue weighted by atomic mass is 10.1. The third-order valence-corrected chi connectivity index (χ3v) is 2.82. The maximum Gasteiger partial charge on any atom is 0.330 e. The summed E-state index contributed by atoms with van der Waals surface area (Å²) in [4.78, 5) is 24.3. The summed E-state index contributed by atoms with van der Waals surface area (Å²) in [6, 6.07) is 1.10. The van der Waals surface area contributed by atoms with Crippen LogP contribution in [0.2, 0.25) is 0 Å². The monoisotopic (exact) mass is 244 g/mol. The number of aliphatic hydroxyl groups is 1. The van der Waals surface area contributed by atoms with Crippen LogP contribution in [0.4, 0.5) is 4.39 Å². The molecule has 3 unspecified atom stereocenters. The molecule has 0 saturated carbocycles. The van der Waals surface area contributed by atoms with Gasteiger partial charge in [0.15, 0.2) is 12.4 Å². The van der Waals surface area contributed by atoms with E-state index in [1.54, 1.807) is 6.92 Å². The van der Waals surface area contributed by atoms with Crippen LogP contribution in [0.3, 0.4) is 0 Å². The molecule has 2 heterocycles. The van der Waals surface area contributed by atoms with Crippen LogP contribution in [0.5, 0.6) is 0 Å². The molecule has 1 aromatic heterocycles. The number of hydrogen-bond donors (Lipinski definition) is 2. The van der Waals surface area contributed by atoms with Crippen molar-refractivity contribution in [3.8, 4) is 0 Å². The lowest BCUT2D eigenvalue weighted by Crippen LogP contribution is -2.35. The minimum Gasteiger partial charge on any atom is -0.387 e. The van der Waals surface area contributed by atoms with E-state index >= 15 is 0 Å². The fraction of sp³-hybridized carbons (Fsp3) is 0.600. The first-order valence-corrected chi connectivity index (χ1v) is 5.33. The van der Waals surface area contributed by atoms with E-state index in [0.717, 1.165) is 16.8 Å². The van der Waals surface area contributed by atoms with Gasteiger partial charge in [0.05, 0.1) is 6.10 Å². The van der Waals surface area contributed by atoms with Crippen LogP contribution in [0, 0.1) is 0 Å². The van der Waals surface area contributed by atoms with Crippen molar-refractivity contribution in [2.75, 3.05) is 0 Å². The number of aliphatic hydroxyl groups excluding tert-OH is 1. The lowest BCUT2D eigenvalue weighted by molar-refractivity contribution is -0.0280. The highest BCUT2D eigenvalue weighted by Crippen LogP contribution is 2.31. The number of halogens is 1. The Labute approximate surface area is 95.7 Å². The Bertz CT molecular complexity index is 512. The van der Waals surface area contributed by atoms with Crippen LogP contribution in [-0.4, -0.2) is 33.0 Å². The largest absolute Gasteiger partial charge is 0.387 e. The van der Waals surface area contributed by atoms with E-state index in [2.05, 4.69) is 0 Å². The topological polar surface area (TPSA) is 84.3 Å². The van der Waals surface area contributed by atoms with Crippen LogP contribution in [0.1, 0.15) is 19.6 Å². The van der Waals surface area contributed by atoms with Crippen molar-refractivity contribution in [2.45, 2.75) is 38.0 Å². The van der Waals surface area contributed by atoms with Crippen LogP contribution < -0.4 is 11.2 Å². The normalized spacial score (nSPS) is 32.9. The van der Waals surface area contributed by atoms with Gasteiger partial charge in [0.1, 0.15) is 6.10 Å². The summed E-state index contributed by atoms with van der Waals surface area (Å²) in [5, 5.41) is 9.55. The third-order valence-electron chi connectivity index (χ3n) is 2.82. The maximum atomic E-state index is 13.8. The SMILES string of the molecule is CCC1OC(n2ccc(=O)[nH]c2=O)[C@H](F)C1O. The summed E-state index contributed by atoms with van der Waals surface area (Å²) in [5.41, 5.74) is -1.32. The zero-order chi connectivity index (χ0) is 12.6. The first-order chi connectivity index (χ1) is 8.04. The number of ether oxygens (including phenoxy) is 1. The smallest absolute Gasteiger partial charge is 0.330 e. The van der Waals surface area contributed by atoms with Gasteiger partial charge in [-0.2, -0.15) is 0 Å². The molecule has 94 valence electrons. The Morgan fingerprint density at radius 2 is 2.29 bits per heavy atom. The highest BCUT2D eigenvalue weighted by atomic mass is 19.1. The van der Waals surface area contributed by atoms with Gasteiger partial charge >= 0.3 is 5.69 Å². The Balaban J connectivity index is 2.35. The van der Waals surface area contributed by atoms with Crippen molar-refractivity contribution < 1.29 is 14.2 Å².